The van der Waals surface area contributed by atoms with Gasteiger partial charge in [-0.3, -0.25) is 5.10 Å². The van der Waals surface area contributed by atoms with Crippen molar-refractivity contribution in [2.75, 3.05) is 7.11 Å². The number of aromatic amines is 1. The van der Waals surface area contributed by atoms with Crippen LogP contribution in [0, 0.1) is 0 Å². The molecule has 0 aliphatic rings. The van der Waals surface area contributed by atoms with Crippen LogP contribution in [0.1, 0.15) is 23.0 Å². The van der Waals surface area contributed by atoms with Crippen molar-refractivity contribution in [2.45, 2.75) is 12.2 Å². The number of halogens is 3. The molecule has 25 heavy (non-hydrogen) atoms. The fraction of sp³-hybridized carbons (Fsp3) is 0.176. The molecule has 0 saturated heterocycles. The summed E-state index contributed by atoms with van der Waals surface area (Å²) in [6.07, 6.45) is -4.42. The summed E-state index contributed by atoms with van der Waals surface area (Å²) in [6, 6.07) is 11.4. The van der Waals surface area contributed by atoms with Crippen LogP contribution in [0.15, 0.2) is 48.5 Å². The number of ether oxygens (including phenoxy) is 1. The van der Waals surface area contributed by atoms with Gasteiger partial charge in [-0.15, -0.1) is 0 Å². The number of H-pyrrole nitrogens is 1. The lowest BCUT2D eigenvalue weighted by atomic mass is 10.1. The number of hydrogen-bond acceptors (Lipinski definition) is 4. The fourth-order valence-electron chi connectivity index (χ4n) is 2.35. The van der Waals surface area contributed by atoms with Crippen LogP contribution in [-0.4, -0.2) is 22.3 Å². The van der Waals surface area contributed by atoms with Gasteiger partial charge in [-0.2, -0.15) is 18.3 Å². The summed E-state index contributed by atoms with van der Waals surface area (Å²) in [5.74, 6) is 1.21. The van der Waals surface area contributed by atoms with Gasteiger partial charge in [0.2, 0.25) is 0 Å². The number of methoxy groups -OCH3 is 1. The first-order valence-corrected chi connectivity index (χ1v) is 7.38. The van der Waals surface area contributed by atoms with Crippen LogP contribution in [0.25, 0.3) is 11.4 Å². The van der Waals surface area contributed by atoms with E-state index < -0.39 is 17.8 Å². The van der Waals surface area contributed by atoms with Crippen molar-refractivity contribution in [1.82, 2.24) is 15.2 Å². The van der Waals surface area contributed by atoms with Crippen LogP contribution >= 0.6 is 0 Å². The van der Waals surface area contributed by atoms with E-state index in [2.05, 4.69) is 15.2 Å². The molecule has 0 saturated carbocycles. The van der Waals surface area contributed by atoms with Crippen LogP contribution in [0.5, 0.6) is 5.75 Å². The Hall–Kier alpha value is -2.87. The topological polar surface area (TPSA) is 76.8 Å². The first-order valence-electron chi connectivity index (χ1n) is 7.38. The van der Waals surface area contributed by atoms with Crippen molar-refractivity contribution in [3.8, 4) is 17.1 Å². The number of aromatic nitrogens is 3. The third kappa shape index (κ3) is 3.63. The van der Waals surface area contributed by atoms with Gasteiger partial charge in [0, 0.05) is 5.56 Å². The number of hydrogen-bond donors (Lipinski definition) is 2. The summed E-state index contributed by atoms with van der Waals surface area (Å²) < 4.78 is 43.6. The van der Waals surface area contributed by atoms with E-state index >= 15 is 0 Å². The first-order chi connectivity index (χ1) is 11.9. The molecule has 1 unspecified atom stereocenters. The standard InChI is InChI=1S/C17H15F3N4O/c1-25-13-7-5-10(6-8-13)14(21)16-22-15(23-24-16)11-3-2-4-12(9-11)17(18,19)20/h2-9,14H,21H2,1H3,(H,22,23,24). The van der Waals surface area contributed by atoms with Crippen molar-refractivity contribution in [3.05, 3.63) is 65.5 Å². The zero-order chi connectivity index (χ0) is 18.0. The van der Waals surface area contributed by atoms with E-state index in [1.807, 2.05) is 0 Å². The summed E-state index contributed by atoms with van der Waals surface area (Å²) in [5.41, 5.74) is 6.42. The van der Waals surface area contributed by atoms with Gasteiger partial charge >= 0.3 is 6.18 Å². The lowest BCUT2D eigenvalue weighted by molar-refractivity contribution is -0.137. The second kappa shape index (κ2) is 6.56. The Balaban J connectivity index is 1.87. The maximum atomic E-state index is 12.8. The average Bonchev–Trinajstić information content (AvgIpc) is 3.11. The number of nitrogens with zero attached hydrogens (tertiary/aromatic N) is 2. The first kappa shape index (κ1) is 17.0. The molecule has 1 aromatic heterocycles. The average molecular weight is 348 g/mol. The molecule has 0 spiro atoms. The second-order valence-corrected chi connectivity index (χ2v) is 5.37. The minimum atomic E-state index is -4.42. The molecule has 1 heterocycles. The zero-order valence-corrected chi connectivity index (χ0v) is 13.2. The highest BCUT2D eigenvalue weighted by molar-refractivity contribution is 5.56. The molecule has 2 aromatic carbocycles. The van der Waals surface area contributed by atoms with Crippen molar-refractivity contribution >= 4 is 0 Å². The van der Waals surface area contributed by atoms with Gasteiger partial charge in [-0.05, 0) is 29.8 Å². The summed E-state index contributed by atoms with van der Waals surface area (Å²) in [7, 11) is 1.56. The van der Waals surface area contributed by atoms with Crippen LogP contribution < -0.4 is 10.5 Å². The van der Waals surface area contributed by atoms with E-state index in [0.29, 0.717) is 11.6 Å². The van der Waals surface area contributed by atoms with Gasteiger partial charge in [0.15, 0.2) is 5.82 Å². The van der Waals surface area contributed by atoms with Crippen molar-refractivity contribution in [3.63, 3.8) is 0 Å². The normalized spacial score (nSPS) is 12.8. The van der Waals surface area contributed by atoms with Gasteiger partial charge in [0.1, 0.15) is 11.6 Å². The molecule has 0 bridgehead atoms. The molecule has 0 aliphatic carbocycles. The third-order valence-corrected chi connectivity index (χ3v) is 3.72. The molecule has 0 aliphatic heterocycles. The van der Waals surface area contributed by atoms with E-state index in [0.717, 1.165) is 17.7 Å². The monoisotopic (exact) mass is 348 g/mol. The summed E-state index contributed by atoms with van der Waals surface area (Å²) in [6.45, 7) is 0. The highest BCUT2D eigenvalue weighted by Crippen LogP contribution is 2.31. The van der Waals surface area contributed by atoms with Gasteiger partial charge in [-0.25, -0.2) is 4.98 Å². The highest BCUT2D eigenvalue weighted by Gasteiger charge is 2.30. The van der Waals surface area contributed by atoms with E-state index in [1.165, 1.54) is 12.1 Å². The molecule has 0 amide bonds. The second-order valence-electron chi connectivity index (χ2n) is 5.37. The number of benzene rings is 2. The number of nitrogens with two attached hydrogens (primary N) is 1. The minimum Gasteiger partial charge on any atom is -0.497 e. The predicted octanol–water partition coefficient (Wildman–Crippen LogP) is 3.55. The van der Waals surface area contributed by atoms with Crippen LogP contribution in [0.4, 0.5) is 13.2 Å². The van der Waals surface area contributed by atoms with Gasteiger partial charge < -0.3 is 10.5 Å². The SMILES string of the molecule is COc1ccc(C(N)c2nc(-c3cccc(C(F)(F)F)c3)n[nH]2)cc1. The van der Waals surface area contributed by atoms with E-state index in [9.17, 15) is 13.2 Å². The van der Waals surface area contributed by atoms with Crippen LogP contribution in [0.3, 0.4) is 0 Å². The Kier molecular flexibility index (Phi) is 4.45. The lowest BCUT2D eigenvalue weighted by Gasteiger charge is -2.09. The Morgan fingerprint density at radius 1 is 1.12 bits per heavy atom. The molecular weight excluding hydrogens is 333 g/mol. The molecule has 3 rings (SSSR count). The van der Waals surface area contributed by atoms with Crippen LogP contribution in [0.2, 0.25) is 0 Å². The molecule has 0 fully saturated rings. The predicted molar refractivity (Wildman–Crippen MR) is 85.8 cm³/mol. The molecular formula is C17H15F3N4O. The van der Waals surface area contributed by atoms with Crippen molar-refractivity contribution < 1.29 is 17.9 Å². The van der Waals surface area contributed by atoms with Crippen molar-refractivity contribution in [2.24, 2.45) is 5.73 Å². The highest BCUT2D eigenvalue weighted by atomic mass is 19.4. The summed E-state index contributed by atoms with van der Waals surface area (Å²) >= 11 is 0. The summed E-state index contributed by atoms with van der Waals surface area (Å²) in [5, 5.41) is 6.67. The van der Waals surface area contributed by atoms with Gasteiger partial charge in [0.25, 0.3) is 0 Å². The summed E-state index contributed by atoms with van der Waals surface area (Å²) in [4.78, 5) is 4.23. The Morgan fingerprint density at radius 2 is 1.84 bits per heavy atom. The number of nitrogens with one attached hydrogen (secondary N) is 1. The molecule has 1 atom stereocenters. The third-order valence-electron chi connectivity index (χ3n) is 3.72. The zero-order valence-electron chi connectivity index (χ0n) is 13.2. The molecule has 8 heteroatoms. The fourth-order valence-corrected chi connectivity index (χ4v) is 2.35. The molecule has 130 valence electrons. The van der Waals surface area contributed by atoms with Gasteiger partial charge in [-0.1, -0.05) is 24.3 Å². The maximum Gasteiger partial charge on any atom is 0.416 e. The lowest BCUT2D eigenvalue weighted by Crippen LogP contribution is -2.13. The van der Waals surface area contributed by atoms with Crippen molar-refractivity contribution in [1.29, 1.82) is 0 Å². The quantitative estimate of drug-likeness (QED) is 0.756. The molecule has 3 aromatic rings. The Morgan fingerprint density at radius 3 is 2.48 bits per heavy atom. The smallest absolute Gasteiger partial charge is 0.416 e. The van der Waals surface area contributed by atoms with Gasteiger partial charge in [0.05, 0.1) is 18.7 Å². The largest absolute Gasteiger partial charge is 0.497 e. The number of rotatable bonds is 4. The van der Waals surface area contributed by atoms with E-state index in [4.69, 9.17) is 10.5 Å². The Labute approximate surface area is 141 Å². The molecule has 3 N–H and O–H groups in total. The van der Waals surface area contributed by atoms with E-state index in [1.54, 1.807) is 31.4 Å². The molecule has 5 nitrogen and oxygen atoms in total. The minimum absolute atomic E-state index is 0.157. The number of alkyl halides is 3. The maximum absolute atomic E-state index is 12.8. The molecule has 0 radical (unpaired) electrons. The van der Waals surface area contributed by atoms with E-state index in [-0.39, 0.29) is 11.4 Å². The Bertz CT molecular complexity index is 859. The van der Waals surface area contributed by atoms with Crippen LogP contribution in [-0.2, 0) is 6.18 Å².